The molecule has 1 atom stereocenters. The van der Waals surface area contributed by atoms with E-state index in [1.165, 1.54) is 0 Å². The van der Waals surface area contributed by atoms with E-state index in [-0.39, 0.29) is 11.5 Å². The van der Waals surface area contributed by atoms with Gasteiger partial charge in [0.25, 0.3) is 0 Å². The van der Waals surface area contributed by atoms with Crippen molar-refractivity contribution in [2.75, 3.05) is 6.54 Å². The molecule has 1 aromatic heterocycles. The van der Waals surface area contributed by atoms with Gasteiger partial charge in [-0.1, -0.05) is 39.0 Å². The topological polar surface area (TPSA) is 54.4 Å². The minimum atomic E-state index is -0.368. The lowest BCUT2D eigenvalue weighted by Crippen LogP contribution is -2.36. The van der Waals surface area contributed by atoms with Crippen molar-refractivity contribution in [3.05, 3.63) is 46.4 Å². The Morgan fingerprint density at radius 3 is 2.68 bits per heavy atom. The normalized spacial score (nSPS) is 13.1. The van der Waals surface area contributed by atoms with Gasteiger partial charge in [-0.25, -0.2) is 4.98 Å². The highest BCUT2D eigenvalue weighted by Gasteiger charge is 2.21. The molecular formula is C17H24N2O2S. The number of thiazole rings is 1. The molecular weight excluding hydrogens is 296 g/mol. The zero-order valence-electron chi connectivity index (χ0n) is 13.4. The number of aliphatic hydroxyl groups excluding tert-OH is 1. The molecule has 0 radical (unpaired) electrons. The van der Waals surface area contributed by atoms with Crippen molar-refractivity contribution in [1.82, 2.24) is 10.3 Å². The molecule has 0 bridgehead atoms. The lowest BCUT2D eigenvalue weighted by Gasteiger charge is -2.25. The maximum Gasteiger partial charge on any atom is 0.140 e. The number of hydrogen-bond donors (Lipinski definition) is 2. The third-order valence-corrected chi connectivity index (χ3v) is 4.22. The Morgan fingerprint density at radius 1 is 1.27 bits per heavy atom. The number of aliphatic hydroxyl groups is 1. The average molecular weight is 320 g/mol. The Hall–Kier alpha value is -1.43. The summed E-state index contributed by atoms with van der Waals surface area (Å²) in [7, 11) is 0. The van der Waals surface area contributed by atoms with Crippen molar-refractivity contribution in [2.45, 2.75) is 40.0 Å². The van der Waals surface area contributed by atoms with Gasteiger partial charge < -0.3 is 15.2 Å². The van der Waals surface area contributed by atoms with Crippen molar-refractivity contribution in [3.63, 3.8) is 0 Å². The number of aromatic nitrogens is 1. The standard InChI is InChI=1S/C17H24N2O2S/c1-17(2,3)15(20)10-18-9-13-12-22-16(19-13)11-21-14-7-5-4-6-8-14/h4-8,12,15,18,20H,9-11H2,1-3H3. The summed E-state index contributed by atoms with van der Waals surface area (Å²) in [5.74, 6) is 0.852. The molecule has 120 valence electrons. The number of rotatable bonds is 7. The first kappa shape index (κ1) is 16.9. The molecule has 22 heavy (non-hydrogen) atoms. The van der Waals surface area contributed by atoms with Crippen LogP contribution >= 0.6 is 11.3 Å². The molecule has 0 amide bonds. The summed E-state index contributed by atoms with van der Waals surface area (Å²) in [6.07, 6.45) is -0.368. The number of nitrogens with one attached hydrogen (secondary N) is 1. The van der Waals surface area contributed by atoms with Crippen molar-refractivity contribution in [1.29, 1.82) is 0 Å². The van der Waals surface area contributed by atoms with Crippen LogP contribution in [0.1, 0.15) is 31.5 Å². The Kier molecular flexibility index (Phi) is 5.94. The summed E-state index contributed by atoms with van der Waals surface area (Å²) in [4.78, 5) is 4.53. The van der Waals surface area contributed by atoms with Crippen LogP contribution in [0.3, 0.4) is 0 Å². The number of ether oxygens (including phenoxy) is 1. The van der Waals surface area contributed by atoms with Gasteiger partial charge in [-0.3, -0.25) is 0 Å². The molecule has 2 aromatic rings. The molecule has 1 heterocycles. The van der Waals surface area contributed by atoms with Gasteiger partial charge in [-0.15, -0.1) is 11.3 Å². The average Bonchev–Trinajstić information content (AvgIpc) is 2.93. The molecule has 1 unspecified atom stereocenters. The highest BCUT2D eigenvalue weighted by Crippen LogP contribution is 2.18. The fourth-order valence-corrected chi connectivity index (χ4v) is 2.51. The fourth-order valence-electron chi connectivity index (χ4n) is 1.80. The minimum absolute atomic E-state index is 0.107. The van der Waals surface area contributed by atoms with Gasteiger partial charge in [0.2, 0.25) is 0 Å². The SMILES string of the molecule is CC(C)(C)C(O)CNCc1csc(COc2ccccc2)n1. The van der Waals surface area contributed by atoms with E-state index in [4.69, 9.17) is 4.74 Å². The lowest BCUT2D eigenvalue weighted by molar-refractivity contribution is 0.0627. The van der Waals surface area contributed by atoms with Crippen LogP contribution in [0.15, 0.2) is 35.7 Å². The van der Waals surface area contributed by atoms with Crippen molar-refractivity contribution in [3.8, 4) is 5.75 Å². The zero-order chi connectivity index (χ0) is 16.0. The molecule has 4 nitrogen and oxygen atoms in total. The summed E-state index contributed by atoms with van der Waals surface area (Å²) >= 11 is 1.59. The van der Waals surface area contributed by atoms with Gasteiger partial charge in [-0.05, 0) is 17.5 Å². The predicted molar refractivity (Wildman–Crippen MR) is 90.1 cm³/mol. The molecule has 0 aliphatic rings. The second-order valence-corrected chi connectivity index (χ2v) is 7.29. The number of hydrogen-bond acceptors (Lipinski definition) is 5. The van der Waals surface area contributed by atoms with E-state index < -0.39 is 0 Å². The highest BCUT2D eigenvalue weighted by atomic mass is 32.1. The summed E-state index contributed by atoms with van der Waals surface area (Å²) in [6.45, 7) is 7.80. The number of para-hydroxylation sites is 1. The van der Waals surface area contributed by atoms with Gasteiger partial charge in [-0.2, -0.15) is 0 Å². The van der Waals surface area contributed by atoms with E-state index in [0.717, 1.165) is 16.5 Å². The molecule has 0 saturated heterocycles. The van der Waals surface area contributed by atoms with Crippen LogP contribution in [-0.4, -0.2) is 22.7 Å². The number of benzene rings is 1. The third-order valence-electron chi connectivity index (χ3n) is 3.35. The minimum Gasteiger partial charge on any atom is -0.486 e. The smallest absolute Gasteiger partial charge is 0.140 e. The van der Waals surface area contributed by atoms with Gasteiger partial charge in [0, 0.05) is 18.5 Å². The quantitative estimate of drug-likeness (QED) is 0.822. The molecule has 5 heteroatoms. The largest absolute Gasteiger partial charge is 0.486 e. The van der Waals surface area contributed by atoms with E-state index in [1.807, 2.05) is 56.5 Å². The third kappa shape index (κ3) is 5.40. The highest BCUT2D eigenvalue weighted by molar-refractivity contribution is 7.09. The van der Waals surface area contributed by atoms with E-state index in [1.54, 1.807) is 11.3 Å². The molecule has 2 N–H and O–H groups in total. The number of nitrogens with zero attached hydrogens (tertiary/aromatic N) is 1. The monoisotopic (exact) mass is 320 g/mol. The molecule has 0 aliphatic heterocycles. The van der Waals surface area contributed by atoms with Crippen LogP contribution in [0.25, 0.3) is 0 Å². The Balaban J connectivity index is 1.75. The Bertz CT molecular complexity index is 564. The van der Waals surface area contributed by atoms with Crippen molar-refractivity contribution >= 4 is 11.3 Å². The summed E-state index contributed by atoms with van der Waals surface area (Å²) in [5, 5.41) is 16.2. The van der Waals surface area contributed by atoms with Crippen LogP contribution in [0.2, 0.25) is 0 Å². The second-order valence-electron chi connectivity index (χ2n) is 6.35. The van der Waals surface area contributed by atoms with Crippen LogP contribution in [0.4, 0.5) is 0 Å². The first-order valence-corrected chi connectivity index (χ1v) is 8.33. The van der Waals surface area contributed by atoms with Crippen LogP contribution < -0.4 is 10.1 Å². The Morgan fingerprint density at radius 2 is 2.00 bits per heavy atom. The summed E-state index contributed by atoms with van der Waals surface area (Å²) in [5.41, 5.74) is 0.877. The summed E-state index contributed by atoms with van der Waals surface area (Å²) < 4.78 is 5.68. The molecule has 0 spiro atoms. The van der Waals surface area contributed by atoms with Gasteiger partial charge in [0.15, 0.2) is 0 Å². The van der Waals surface area contributed by atoms with Crippen molar-refractivity contribution < 1.29 is 9.84 Å². The molecule has 0 saturated carbocycles. The first-order chi connectivity index (χ1) is 10.4. The molecule has 0 fully saturated rings. The first-order valence-electron chi connectivity index (χ1n) is 7.45. The lowest BCUT2D eigenvalue weighted by atomic mass is 9.89. The van der Waals surface area contributed by atoms with E-state index in [0.29, 0.717) is 19.7 Å². The maximum atomic E-state index is 9.98. The predicted octanol–water partition coefficient (Wildman–Crippen LogP) is 3.22. The van der Waals surface area contributed by atoms with Crippen LogP contribution in [-0.2, 0) is 13.2 Å². The van der Waals surface area contributed by atoms with E-state index in [9.17, 15) is 5.11 Å². The van der Waals surface area contributed by atoms with E-state index >= 15 is 0 Å². The molecule has 2 rings (SSSR count). The maximum absolute atomic E-state index is 9.98. The van der Waals surface area contributed by atoms with Gasteiger partial charge in [0.05, 0.1) is 11.8 Å². The molecule has 1 aromatic carbocycles. The zero-order valence-corrected chi connectivity index (χ0v) is 14.2. The molecule has 0 aliphatic carbocycles. The van der Waals surface area contributed by atoms with Crippen LogP contribution in [0, 0.1) is 5.41 Å². The Labute approximate surface area is 136 Å². The second kappa shape index (κ2) is 7.72. The van der Waals surface area contributed by atoms with Crippen LogP contribution in [0.5, 0.6) is 5.75 Å². The van der Waals surface area contributed by atoms with Gasteiger partial charge >= 0.3 is 0 Å². The fraction of sp³-hybridized carbons (Fsp3) is 0.471. The van der Waals surface area contributed by atoms with E-state index in [2.05, 4.69) is 10.3 Å². The summed E-state index contributed by atoms with van der Waals surface area (Å²) in [6, 6.07) is 9.74. The van der Waals surface area contributed by atoms with Gasteiger partial charge in [0.1, 0.15) is 17.4 Å². The van der Waals surface area contributed by atoms with Crippen molar-refractivity contribution in [2.24, 2.45) is 5.41 Å².